The van der Waals surface area contributed by atoms with E-state index >= 15 is 0 Å². The Morgan fingerprint density at radius 1 is 0.481 bits per heavy atom. The number of aliphatic hydroxyl groups excluding tert-OH is 16. The van der Waals surface area contributed by atoms with Gasteiger partial charge in [0.1, 0.15) is 103 Å². The molecule has 29 N–H and O–H groups in total. The number of carbonyl (C=O) groups excluding carboxylic acids is 1. The second-order valence-electron chi connectivity index (χ2n) is 20.1. The maximum atomic E-state index is 14.2. The lowest BCUT2D eigenvalue weighted by atomic mass is 9.78. The molecule has 0 aromatic heterocycles. The minimum atomic E-state index is -3.26. The molecule has 31 atom stereocenters. The van der Waals surface area contributed by atoms with Gasteiger partial charge in [-0.15, -0.1) is 0 Å². The van der Waals surface area contributed by atoms with Crippen LogP contribution in [-0.2, 0) is 56.9 Å². The lowest BCUT2D eigenvalue weighted by Gasteiger charge is -2.55. The lowest BCUT2D eigenvalue weighted by Crippen LogP contribution is -2.77. The average Bonchev–Trinajstić information content (AvgIpc) is 3.40. The van der Waals surface area contributed by atoms with Crippen molar-refractivity contribution in [3.63, 3.8) is 0 Å². The van der Waals surface area contributed by atoms with Crippen molar-refractivity contribution in [2.45, 2.75) is 215 Å². The molecule has 450 valence electrons. The maximum absolute atomic E-state index is 14.2. The maximum Gasteiger partial charge on any atom is 0.311 e. The molecule has 35 nitrogen and oxygen atoms in total. The molecule has 6 rings (SSSR count). The summed E-state index contributed by atoms with van der Waals surface area (Å²) in [5.74, 6) is -4.90. The van der Waals surface area contributed by atoms with Gasteiger partial charge in [0.2, 0.25) is 5.79 Å². The molecular formula is C42H78N6O29. The van der Waals surface area contributed by atoms with Gasteiger partial charge in [-0.1, -0.05) is 6.92 Å². The van der Waals surface area contributed by atoms with Crippen LogP contribution in [0.2, 0.25) is 0 Å². The van der Waals surface area contributed by atoms with Crippen molar-refractivity contribution >= 4 is 5.97 Å². The van der Waals surface area contributed by atoms with E-state index in [2.05, 4.69) is 0 Å². The van der Waals surface area contributed by atoms with Gasteiger partial charge in [-0.25, -0.2) is 0 Å². The fourth-order valence-electron chi connectivity index (χ4n) is 10.3. The summed E-state index contributed by atoms with van der Waals surface area (Å²) in [6.45, 7) is -5.02. The molecule has 6 saturated heterocycles. The number of esters is 1. The molecule has 0 spiro atoms. The summed E-state index contributed by atoms with van der Waals surface area (Å²) in [4.78, 5) is 14.2. The van der Waals surface area contributed by atoms with Crippen LogP contribution in [0, 0.1) is 0 Å². The summed E-state index contributed by atoms with van der Waals surface area (Å²) in [5.41, 5.74) is 30.7. The van der Waals surface area contributed by atoms with E-state index in [1.165, 1.54) is 6.92 Å². The first-order chi connectivity index (χ1) is 36.2. The molecule has 5 unspecified atom stereocenters. The van der Waals surface area contributed by atoms with Crippen LogP contribution in [-0.4, -0.2) is 321 Å². The number of hydrogen-bond acceptors (Lipinski definition) is 35. The molecule has 6 fully saturated rings. The topological polar surface area (TPSA) is 619 Å². The first-order valence-electron chi connectivity index (χ1n) is 24.7. The van der Waals surface area contributed by atoms with Crippen molar-refractivity contribution in [1.29, 1.82) is 0 Å². The Bertz CT molecular complexity index is 1880. The Morgan fingerprint density at radius 3 is 1.21 bits per heavy atom. The molecule has 6 aliphatic heterocycles. The Hall–Kier alpha value is -1.85. The number of carbonyl (C=O) groups is 1. The van der Waals surface area contributed by atoms with E-state index in [9.17, 15) is 91.6 Å². The van der Waals surface area contributed by atoms with Crippen LogP contribution >= 0.6 is 0 Å². The summed E-state index contributed by atoms with van der Waals surface area (Å²) in [6.07, 6.45) is -42.3. The van der Waals surface area contributed by atoms with Crippen molar-refractivity contribution in [1.82, 2.24) is 0 Å². The van der Waals surface area contributed by atoms with Gasteiger partial charge < -0.3 is 173 Å². The summed E-state index contributed by atoms with van der Waals surface area (Å²) >= 11 is 0. The number of hydrogen-bond donors (Lipinski definition) is 23. The van der Waals surface area contributed by atoms with Crippen LogP contribution in [0.15, 0.2) is 0 Å². The van der Waals surface area contributed by atoms with E-state index in [1.54, 1.807) is 0 Å². The van der Waals surface area contributed by atoms with Gasteiger partial charge in [0, 0.05) is 6.42 Å². The van der Waals surface area contributed by atoms with E-state index in [0.29, 0.717) is 0 Å². The van der Waals surface area contributed by atoms with Crippen molar-refractivity contribution < 1.29 is 144 Å². The van der Waals surface area contributed by atoms with E-state index in [1.807, 2.05) is 0 Å². The van der Waals surface area contributed by atoms with Crippen molar-refractivity contribution in [2.75, 3.05) is 39.6 Å². The molecule has 77 heavy (non-hydrogen) atoms. The molecule has 0 saturated carbocycles. The number of aliphatic hydroxyl groups is 17. The van der Waals surface area contributed by atoms with Crippen molar-refractivity contribution in [3.05, 3.63) is 0 Å². The first-order valence-corrected chi connectivity index (χ1v) is 24.7. The zero-order chi connectivity index (χ0) is 57.4. The highest BCUT2D eigenvalue weighted by Gasteiger charge is 2.67. The van der Waals surface area contributed by atoms with Gasteiger partial charge in [0.15, 0.2) is 43.3 Å². The third-order valence-electron chi connectivity index (χ3n) is 15.0. The Balaban J connectivity index is 1.19. The van der Waals surface area contributed by atoms with Crippen LogP contribution in [0.3, 0.4) is 0 Å². The fourth-order valence-corrected chi connectivity index (χ4v) is 10.3. The molecule has 6 heterocycles. The molecule has 0 aromatic rings. The van der Waals surface area contributed by atoms with Gasteiger partial charge in [-0.05, 0) is 6.42 Å². The minimum Gasteiger partial charge on any atom is -0.430 e. The molecule has 0 aromatic carbocycles. The number of ether oxygens (including phenoxy) is 11. The van der Waals surface area contributed by atoms with E-state index < -0.39 is 247 Å². The number of nitrogens with two attached hydrogens (primary N) is 6. The molecule has 0 amide bonds. The summed E-state index contributed by atoms with van der Waals surface area (Å²) in [7, 11) is 0. The van der Waals surface area contributed by atoms with Crippen LogP contribution in [0.25, 0.3) is 0 Å². The second kappa shape index (κ2) is 26.2. The Labute approximate surface area is 438 Å². The minimum absolute atomic E-state index is 0.164. The Kier molecular flexibility index (Phi) is 21.9. The Morgan fingerprint density at radius 2 is 0.831 bits per heavy atom. The van der Waals surface area contributed by atoms with Crippen LogP contribution in [0.1, 0.15) is 26.2 Å². The average molecular weight is 1130 g/mol. The van der Waals surface area contributed by atoms with Gasteiger partial charge in [0.25, 0.3) is 0 Å². The standard InChI is InChI=1S/C42H78N6O29/c1-2-3-42(66,41(10-54)33(63)27(61)21(48)39(77-41)74-31-14(8-52)70-37(19(46)25(31)59)72-29-12(6-50)68-35(65)17(44)23(29)57)75-15(55)4-40(9-53)32(62)26(60)20(47)38(76-40)73-30-13(7-51)69-36(18(45)24(30)58)71-28-11(5-49)67-34(64)16(43)22(28)56/h11-14,16-39,49-54,56-66H,2-10,43-48H2,1H3/t11-,12-,13-,14-,16-,17-,18-,19-,20-,21-,22-,23-,24-,25-,26-,27-,28?,29?,30?,31?,32+,33+,34-,35-,36+,37+,38+,39+,40-,41-,42?/m1/s1. The lowest BCUT2D eigenvalue weighted by molar-refractivity contribution is -0.410. The molecule has 0 aliphatic carbocycles. The summed E-state index contributed by atoms with van der Waals surface area (Å²) in [6, 6.07) is -9.79. The van der Waals surface area contributed by atoms with E-state index in [4.69, 9.17) is 86.5 Å². The fraction of sp³-hybridized carbons (Fsp3) is 0.976. The molecule has 0 radical (unpaired) electrons. The summed E-state index contributed by atoms with van der Waals surface area (Å²) < 4.78 is 62.5. The highest BCUT2D eigenvalue weighted by Crippen LogP contribution is 2.44. The molecular weight excluding hydrogens is 1050 g/mol. The largest absolute Gasteiger partial charge is 0.430 e. The normalized spacial score (nSPS) is 50.7. The van der Waals surface area contributed by atoms with Crippen LogP contribution in [0.5, 0.6) is 0 Å². The van der Waals surface area contributed by atoms with Crippen molar-refractivity contribution in [2.24, 2.45) is 34.4 Å². The highest BCUT2D eigenvalue weighted by atomic mass is 16.8. The quantitative estimate of drug-likeness (QED) is 0.0398. The highest BCUT2D eigenvalue weighted by molar-refractivity contribution is 5.71. The molecule has 6 aliphatic rings. The third-order valence-corrected chi connectivity index (χ3v) is 15.0. The summed E-state index contributed by atoms with van der Waals surface area (Å²) in [5, 5.41) is 184. The zero-order valence-corrected chi connectivity index (χ0v) is 41.5. The first kappa shape index (κ1) is 64.3. The third kappa shape index (κ3) is 12.3. The predicted molar refractivity (Wildman–Crippen MR) is 243 cm³/mol. The van der Waals surface area contributed by atoms with Crippen LogP contribution < -0.4 is 34.4 Å². The molecule has 0 bridgehead atoms. The van der Waals surface area contributed by atoms with E-state index in [-0.39, 0.29) is 6.42 Å². The second-order valence-corrected chi connectivity index (χ2v) is 20.1. The van der Waals surface area contributed by atoms with Gasteiger partial charge in [0.05, 0.1) is 82.3 Å². The monoisotopic (exact) mass is 1130 g/mol. The number of rotatable bonds is 20. The molecule has 35 heteroatoms. The SMILES string of the molecule is CCCC(O)(OC(=O)C[C@]1(CO)O[C@H](OC2[C@@H](CO)O[C@@H](OC3[C@@H](CO)O[C@@H](O)[C@H](N)[C@H]3O)[C@H](N)[C@H]2O)[C@H](N)[C@@H](O)[C@@H]1O)[C@]1(CO)O[C@H](OC2[C@@H](CO)O[C@@H](OC3[C@@H](CO)O[C@@H](O)[C@H](N)[C@H]3O)[C@H](N)[C@H]2O)[C@H](N)[C@@H](O)[C@@H]1O. The van der Waals surface area contributed by atoms with E-state index in [0.717, 1.165) is 0 Å². The van der Waals surface area contributed by atoms with Gasteiger partial charge in [-0.2, -0.15) is 0 Å². The smallest absolute Gasteiger partial charge is 0.311 e. The van der Waals surface area contributed by atoms with Crippen LogP contribution in [0.4, 0.5) is 0 Å². The van der Waals surface area contributed by atoms with Crippen molar-refractivity contribution in [3.8, 4) is 0 Å². The predicted octanol–water partition coefficient (Wildman–Crippen LogP) is -15.2. The van der Waals surface area contributed by atoms with Gasteiger partial charge >= 0.3 is 5.97 Å². The zero-order valence-electron chi connectivity index (χ0n) is 41.5. The van der Waals surface area contributed by atoms with Gasteiger partial charge in [-0.3, -0.25) is 4.79 Å².